The Kier molecular flexibility index (Phi) is 8.08. The van der Waals surface area contributed by atoms with Crippen molar-refractivity contribution in [2.75, 3.05) is 40.9 Å². The quantitative estimate of drug-likeness (QED) is 0.556. The van der Waals surface area contributed by atoms with E-state index in [-0.39, 0.29) is 11.0 Å². The zero-order chi connectivity index (χ0) is 20.8. The van der Waals surface area contributed by atoms with Gasteiger partial charge in [0, 0.05) is 31.3 Å². The van der Waals surface area contributed by atoms with Gasteiger partial charge in [0.2, 0.25) is 0 Å². The summed E-state index contributed by atoms with van der Waals surface area (Å²) in [4.78, 5) is 7.21. The van der Waals surface area contributed by atoms with Crippen molar-refractivity contribution in [2.24, 2.45) is 16.3 Å². The lowest BCUT2D eigenvalue weighted by atomic mass is 9.74. The molecule has 0 spiro atoms. The molecule has 1 heterocycles. The van der Waals surface area contributed by atoms with E-state index in [2.05, 4.69) is 77.2 Å². The number of hydrogen-bond acceptors (Lipinski definition) is 4. The van der Waals surface area contributed by atoms with E-state index in [9.17, 15) is 0 Å². The molecule has 2 unspecified atom stereocenters. The van der Waals surface area contributed by atoms with E-state index in [1.807, 2.05) is 0 Å². The van der Waals surface area contributed by atoms with Gasteiger partial charge in [-0.3, -0.25) is 4.99 Å². The molecule has 0 aromatic heterocycles. The molecule has 1 aromatic rings. The summed E-state index contributed by atoms with van der Waals surface area (Å²) in [6.45, 7) is 11.7. The molecule has 1 fully saturated rings. The Hall–Kier alpha value is -1.39. The summed E-state index contributed by atoms with van der Waals surface area (Å²) in [6, 6.07) is 8.51. The van der Waals surface area contributed by atoms with Gasteiger partial charge in [0.15, 0.2) is 0 Å². The van der Waals surface area contributed by atoms with Crippen molar-refractivity contribution >= 4 is 6.21 Å². The number of aliphatic imine (C=N–C) groups is 1. The molecule has 158 valence electrons. The SMILES string of the molecule is COc1ccc(C(CCN=CC2(CN(C)C)CCOC(C)(C)C2)C(C)C)cc1. The molecule has 4 heteroatoms. The van der Waals surface area contributed by atoms with Gasteiger partial charge in [-0.15, -0.1) is 0 Å². The lowest BCUT2D eigenvalue weighted by Crippen LogP contribution is -2.47. The smallest absolute Gasteiger partial charge is 0.118 e. The predicted molar refractivity (Wildman–Crippen MR) is 119 cm³/mol. The third-order valence-electron chi connectivity index (χ3n) is 5.78. The first-order chi connectivity index (χ1) is 13.2. The Morgan fingerprint density at radius 1 is 1.21 bits per heavy atom. The number of rotatable bonds is 9. The summed E-state index contributed by atoms with van der Waals surface area (Å²) in [5, 5.41) is 0. The second-order valence-corrected chi connectivity index (χ2v) is 9.58. The molecular formula is C24H40N2O2. The van der Waals surface area contributed by atoms with Crippen molar-refractivity contribution in [3.8, 4) is 5.75 Å². The summed E-state index contributed by atoms with van der Waals surface area (Å²) in [7, 11) is 6.01. The second kappa shape index (κ2) is 9.89. The Balaban J connectivity index is 2.04. The summed E-state index contributed by atoms with van der Waals surface area (Å²) in [5.41, 5.74) is 1.41. The molecule has 0 radical (unpaired) electrons. The van der Waals surface area contributed by atoms with Crippen LogP contribution in [0.25, 0.3) is 0 Å². The van der Waals surface area contributed by atoms with Crippen LogP contribution in [0.3, 0.4) is 0 Å². The van der Waals surface area contributed by atoms with E-state index >= 15 is 0 Å². The molecule has 1 aromatic carbocycles. The highest BCUT2D eigenvalue weighted by Crippen LogP contribution is 2.38. The highest BCUT2D eigenvalue weighted by molar-refractivity contribution is 5.66. The van der Waals surface area contributed by atoms with Gasteiger partial charge in [0.05, 0.1) is 12.7 Å². The van der Waals surface area contributed by atoms with Crippen molar-refractivity contribution in [1.82, 2.24) is 4.90 Å². The number of methoxy groups -OCH3 is 1. The monoisotopic (exact) mass is 388 g/mol. The summed E-state index contributed by atoms with van der Waals surface area (Å²) in [5.74, 6) is 2.01. The van der Waals surface area contributed by atoms with Gasteiger partial charge in [-0.2, -0.15) is 0 Å². The third kappa shape index (κ3) is 6.59. The Bertz CT molecular complexity index is 622. The largest absolute Gasteiger partial charge is 0.497 e. The lowest BCUT2D eigenvalue weighted by molar-refractivity contribution is -0.0887. The predicted octanol–water partition coefficient (Wildman–Crippen LogP) is 5.03. The van der Waals surface area contributed by atoms with Crippen LogP contribution in [0, 0.1) is 11.3 Å². The molecule has 0 amide bonds. The van der Waals surface area contributed by atoms with Crippen LogP contribution < -0.4 is 4.74 Å². The average Bonchev–Trinajstić information content (AvgIpc) is 2.60. The molecule has 28 heavy (non-hydrogen) atoms. The van der Waals surface area contributed by atoms with Crippen LogP contribution in [-0.2, 0) is 4.74 Å². The van der Waals surface area contributed by atoms with E-state index in [1.54, 1.807) is 7.11 Å². The maximum atomic E-state index is 5.96. The van der Waals surface area contributed by atoms with E-state index in [0.29, 0.717) is 11.8 Å². The van der Waals surface area contributed by atoms with Crippen LogP contribution in [0.2, 0.25) is 0 Å². The van der Waals surface area contributed by atoms with E-state index in [0.717, 1.165) is 44.7 Å². The minimum atomic E-state index is -0.0795. The Morgan fingerprint density at radius 3 is 2.43 bits per heavy atom. The van der Waals surface area contributed by atoms with Crippen LogP contribution in [0.15, 0.2) is 29.3 Å². The third-order valence-corrected chi connectivity index (χ3v) is 5.78. The van der Waals surface area contributed by atoms with Crippen LogP contribution in [0.4, 0.5) is 0 Å². The molecule has 0 saturated carbocycles. The van der Waals surface area contributed by atoms with Crippen LogP contribution >= 0.6 is 0 Å². The fraction of sp³-hybridized carbons (Fsp3) is 0.708. The molecular weight excluding hydrogens is 348 g/mol. The molecule has 1 aliphatic heterocycles. The molecule has 1 saturated heterocycles. The fourth-order valence-electron chi connectivity index (χ4n) is 4.64. The molecule has 2 rings (SSSR count). The lowest BCUT2D eigenvalue weighted by Gasteiger charge is -2.44. The fourth-order valence-corrected chi connectivity index (χ4v) is 4.64. The zero-order valence-electron chi connectivity index (χ0n) is 19.0. The first-order valence-corrected chi connectivity index (χ1v) is 10.6. The Morgan fingerprint density at radius 2 is 1.89 bits per heavy atom. The second-order valence-electron chi connectivity index (χ2n) is 9.58. The van der Waals surface area contributed by atoms with E-state index < -0.39 is 0 Å². The molecule has 0 bridgehead atoms. The maximum Gasteiger partial charge on any atom is 0.118 e. The van der Waals surface area contributed by atoms with Gasteiger partial charge in [0.25, 0.3) is 0 Å². The van der Waals surface area contributed by atoms with Crippen molar-refractivity contribution in [3.05, 3.63) is 29.8 Å². The zero-order valence-corrected chi connectivity index (χ0v) is 19.0. The van der Waals surface area contributed by atoms with Gasteiger partial charge >= 0.3 is 0 Å². The van der Waals surface area contributed by atoms with Gasteiger partial charge in [-0.25, -0.2) is 0 Å². The van der Waals surface area contributed by atoms with Crippen LogP contribution in [0.1, 0.15) is 58.4 Å². The topological polar surface area (TPSA) is 34.1 Å². The van der Waals surface area contributed by atoms with Gasteiger partial charge < -0.3 is 14.4 Å². The maximum absolute atomic E-state index is 5.96. The van der Waals surface area contributed by atoms with Crippen molar-refractivity contribution in [3.63, 3.8) is 0 Å². The number of nitrogens with zero attached hydrogens (tertiary/aromatic N) is 2. The van der Waals surface area contributed by atoms with Crippen molar-refractivity contribution in [1.29, 1.82) is 0 Å². The highest BCUT2D eigenvalue weighted by Gasteiger charge is 2.40. The van der Waals surface area contributed by atoms with Gasteiger partial charge in [-0.05, 0) is 76.7 Å². The van der Waals surface area contributed by atoms with Gasteiger partial charge in [0.1, 0.15) is 5.75 Å². The standard InChI is InChI=1S/C24H40N2O2/c1-19(2)22(20-8-10-21(27-7)11-9-20)12-14-25-17-24(18-26(5)6)13-15-28-23(3,4)16-24/h8-11,17,19,22H,12-16,18H2,1-7H3. The minimum Gasteiger partial charge on any atom is -0.497 e. The first kappa shape index (κ1) is 22.9. The number of hydrogen-bond donors (Lipinski definition) is 0. The van der Waals surface area contributed by atoms with Crippen molar-refractivity contribution < 1.29 is 9.47 Å². The molecule has 1 aliphatic rings. The molecule has 0 aliphatic carbocycles. The van der Waals surface area contributed by atoms with E-state index in [4.69, 9.17) is 14.5 Å². The van der Waals surface area contributed by atoms with Crippen molar-refractivity contribution in [2.45, 2.75) is 58.5 Å². The van der Waals surface area contributed by atoms with Gasteiger partial charge in [-0.1, -0.05) is 26.0 Å². The highest BCUT2D eigenvalue weighted by atomic mass is 16.5. The van der Waals surface area contributed by atoms with Crippen LogP contribution in [0.5, 0.6) is 5.75 Å². The summed E-state index contributed by atoms with van der Waals surface area (Å²) >= 11 is 0. The molecule has 0 N–H and O–H groups in total. The van der Waals surface area contributed by atoms with Crippen LogP contribution in [-0.4, -0.2) is 57.6 Å². The number of benzene rings is 1. The molecule has 2 atom stereocenters. The van der Waals surface area contributed by atoms with E-state index in [1.165, 1.54) is 5.56 Å². The minimum absolute atomic E-state index is 0.0795. The summed E-state index contributed by atoms with van der Waals surface area (Å²) < 4.78 is 11.3. The normalized spacial score (nSPS) is 23.5. The number of ether oxygens (including phenoxy) is 2. The Labute approximate surface area is 172 Å². The first-order valence-electron chi connectivity index (χ1n) is 10.6. The summed E-state index contributed by atoms with van der Waals surface area (Å²) in [6.07, 6.45) is 5.39. The molecule has 4 nitrogen and oxygen atoms in total. The average molecular weight is 389 g/mol.